The van der Waals surface area contributed by atoms with Gasteiger partial charge in [0.1, 0.15) is 0 Å². The number of non-ortho nitro benzene ring substituents is 1. The van der Waals surface area contributed by atoms with Gasteiger partial charge >= 0.3 is 0 Å². The van der Waals surface area contributed by atoms with Gasteiger partial charge in [-0.1, -0.05) is 12.2 Å². The van der Waals surface area contributed by atoms with Crippen molar-refractivity contribution < 1.29 is 19.3 Å². The summed E-state index contributed by atoms with van der Waals surface area (Å²) in [7, 11) is 0. The Labute approximate surface area is 161 Å². The zero-order chi connectivity index (χ0) is 20.0. The molecular formula is C20H21N3O5. The minimum absolute atomic E-state index is 0.00386. The van der Waals surface area contributed by atoms with Crippen LogP contribution < -0.4 is 5.32 Å². The van der Waals surface area contributed by atoms with E-state index in [1.165, 1.54) is 23.1 Å². The van der Waals surface area contributed by atoms with Crippen molar-refractivity contribution in [2.75, 3.05) is 11.9 Å². The number of nitro benzene ring substituents is 1. The lowest BCUT2D eigenvalue weighted by molar-refractivity contribution is -0.384. The molecule has 0 aromatic heterocycles. The number of carbonyl (C=O) groups excluding carboxylic acids is 3. The van der Waals surface area contributed by atoms with Crippen LogP contribution in [0.5, 0.6) is 0 Å². The first-order chi connectivity index (χ1) is 13.4. The molecule has 3 amide bonds. The Hall–Kier alpha value is -3.03. The summed E-state index contributed by atoms with van der Waals surface area (Å²) in [5, 5.41) is 13.5. The van der Waals surface area contributed by atoms with E-state index < -0.39 is 4.92 Å². The van der Waals surface area contributed by atoms with Gasteiger partial charge < -0.3 is 5.32 Å². The zero-order valence-electron chi connectivity index (χ0n) is 15.5. The molecule has 4 aliphatic rings. The third-order valence-electron chi connectivity index (χ3n) is 6.11. The summed E-state index contributed by atoms with van der Waals surface area (Å²) < 4.78 is 0. The lowest BCUT2D eigenvalue weighted by atomic mass is 9.63. The van der Waals surface area contributed by atoms with Crippen LogP contribution in [0.25, 0.3) is 0 Å². The highest BCUT2D eigenvalue weighted by Gasteiger charge is 2.56. The van der Waals surface area contributed by atoms with E-state index in [0.29, 0.717) is 11.3 Å². The number of benzene rings is 1. The van der Waals surface area contributed by atoms with Crippen LogP contribution >= 0.6 is 0 Å². The molecule has 28 heavy (non-hydrogen) atoms. The number of rotatable bonds is 5. The second-order valence-corrected chi connectivity index (χ2v) is 7.72. The van der Waals surface area contributed by atoms with Crippen molar-refractivity contribution in [3.05, 3.63) is 46.0 Å². The van der Waals surface area contributed by atoms with Crippen LogP contribution in [0.3, 0.4) is 0 Å². The number of allylic oxidation sites excluding steroid dienone is 2. The molecule has 1 N–H and O–H groups in total. The average Bonchev–Trinajstić information content (AvgIpc) is 2.95. The third-order valence-corrected chi connectivity index (χ3v) is 6.11. The highest BCUT2D eigenvalue weighted by molar-refractivity contribution is 6.06. The van der Waals surface area contributed by atoms with Crippen LogP contribution in [-0.4, -0.2) is 34.1 Å². The molecule has 0 radical (unpaired) electrons. The number of carbonyl (C=O) groups is 3. The van der Waals surface area contributed by atoms with Crippen molar-refractivity contribution >= 4 is 29.1 Å². The third kappa shape index (κ3) is 2.98. The number of nitrogens with one attached hydrogen (secondary N) is 1. The van der Waals surface area contributed by atoms with Gasteiger partial charge in [0.05, 0.1) is 16.8 Å². The number of aryl methyl sites for hydroxylation is 1. The second kappa shape index (κ2) is 6.85. The molecule has 146 valence electrons. The lowest BCUT2D eigenvalue weighted by Crippen LogP contribution is -2.38. The Morgan fingerprint density at radius 1 is 1.18 bits per heavy atom. The van der Waals surface area contributed by atoms with E-state index in [-0.39, 0.29) is 60.0 Å². The van der Waals surface area contributed by atoms with E-state index in [1.54, 1.807) is 6.92 Å². The van der Waals surface area contributed by atoms with Crippen LogP contribution in [0, 0.1) is 40.7 Å². The Balaban J connectivity index is 1.38. The predicted molar refractivity (Wildman–Crippen MR) is 100 cm³/mol. The first kappa shape index (κ1) is 18.3. The monoisotopic (exact) mass is 383 g/mol. The number of likely N-dealkylation sites (tertiary alicyclic amines) is 1. The second-order valence-electron chi connectivity index (χ2n) is 7.72. The van der Waals surface area contributed by atoms with E-state index in [9.17, 15) is 24.5 Å². The highest BCUT2D eigenvalue weighted by Crippen LogP contribution is 2.49. The van der Waals surface area contributed by atoms with Gasteiger partial charge in [0.15, 0.2) is 0 Å². The summed E-state index contributed by atoms with van der Waals surface area (Å²) >= 11 is 0. The number of anilines is 1. The van der Waals surface area contributed by atoms with E-state index in [2.05, 4.69) is 17.5 Å². The summed E-state index contributed by atoms with van der Waals surface area (Å²) in [6.45, 7) is 1.73. The largest absolute Gasteiger partial charge is 0.326 e. The molecule has 1 saturated carbocycles. The molecule has 1 aromatic rings. The van der Waals surface area contributed by atoms with E-state index in [0.717, 1.165) is 12.8 Å². The highest BCUT2D eigenvalue weighted by atomic mass is 16.6. The molecule has 2 fully saturated rings. The Kier molecular flexibility index (Phi) is 4.49. The van der Waals surface area contributed by atoms with E-state index >= 15 is 0 Å². The number of nitro groups is 1. The molecule has 3 aliphatic carbocycles. The summed E-state index contributed by atoms with van der Waals surface area (Å²) in [6, 6.07) is 4.19. The van der Waals surface area contributed by atoms with Crippen molar-refractivity contribution in [1.82, 2.24) is 4.90 Å². The van der Waals surface area contributed by atoms with Gasteiger partial charge in [0, 0.05) is 30.8 Å². The van der Waals surface area contributed by atoms with Gasteiger partial charge in [-0.05, 0) is 43.2 Å². The number of fused-ring (bicyclic) bond motifs is 1. The number of hydrogen-bond donors (Lipinski definition) is 1. The molecular weight excluding hydrogens is 362 g/mol. The smallest absolute Gasteiger partial charge is 0.269 e. The standard InChI is InChI=1S/C20H21N3O5/c1-11-10-14(23(27)28)6-7-15(11)21-16(24)8-9-22-19(25)17-12-2-3-13(5-4-12)18(17)20(22)26/h2-3,6-7,10,12-13,17-18H,4-5,8-9H2,1H3,(H,21,24)/t12-,13-,17-,18+/m0/s1. The quantitative estimate of drug-likeness (QED) is 0.363. The van der Waals surface area contributed by atoms with Gasteiger partial charge in [-0.2, -0.15) is 0 Å². The van der Waals surface area contributed by atoms with Gasteiger partial charge in [0.2, 0.25) is 17.7 Å². The van der Waals surface area contributed by atoms with Gasteiger partial charge in [-0.25, -0.2) is 0 Å². The number of hydrogen-bond acceptors (Lipinski definition) is 5. The van der Waals surface area contributed by atoms with Crippen LogP contribution in [0.2, 0.25) is 0 Å². The molecule has 0 unspecified atom stereocenters. The molecule has 4 atom stereocenters. The van der Waals surface area contributed by atoms with Crippen LogP contribution in [0.15, 0.2) is 30.4 Å². The molecule has 8 heteroatoms. The van der Waals surface area contributed by atoms with Crippen LogP contribution in [0.4, 0.5) is 11.4 Å². The molecule has 1 aliphatic heterocycles. The van der Waals surface area contributed by atoms with Gasteiger partial charge in [0.25, 0.3) is 5.69 Å². The molecule has 2 bridgehead atoms. The maximum atomic E-state index is 12.7. The molecule has 1 saturated heterocycles. The summed E-state index contributed by atoms with van der Waals surface area (Å²) in [5.74, 6) is -0.927. The number of nitrogens with zero attached hydrogens (tertiary/aromatic N) is 2. The molecule has 8 nitrogen and oxygen atoms in total. The van der Waals surface area contributed by atoms with Crippen LogP contribution in [-0.2, 0) is 14.4 Å². The Morgan fingerprint density at radius 3 is 2.29 bits per heavy atom. The predicted octanol–water partition coefficient (Wildman–Crippen LogP) is 2.43. The van der Waals surface area contributed by atoms with Gasteiger partial charge in [-0.3, -0.25) is 29.4 Å². The number of imide groups is 1. The molecule has 0 spiro atoms. The molecule has 5 rings (SSSR count). The lowest BCUT2D eigenvalue weighted by Gasteiger charge is -2.38. The first-order valence-corrected chi connectivity index (χ1v) is 9.45. The SMILES string of the molecule is Cc1cc([N+](=O)[O-])ccc1NC(=O)CCN1C(=O)[C@@H]2[C@H](C1=O)[C@H]1C=C[C@H]2CC1. The summed E-state index contributed by atoms with van der Waals surface area (Å²) in [5.41, 5.74) is 1.00. The fourth-order valence-corrected chi connectivity index (χ4v) is 4.68. The van der Waals surface area contributed by atoms with Crippen molar-refractivity contribution in [1.29, 1.82) is 0 Å². The summed E-state index contributed by atoms with van der Waals surface area (Å²) in [4.78, 5) is 49.3. The van der Waals surface area contributed by atoms with Crippen molar-refractivity contribution in [2.24, 2.45) is 23.7 Å². The fraction of sp³-hybridized carbons (Fsp3) is 0.450. The topological polar surface area (TPSA) is 110 Å². The number of amides is 3. The Morgan fingerprint density at radius 2 is 1.79 bits per heavy atom. The zero-order valence-corrected chi connectivity index (χ0v) is 15.5. The minimum atomic E-state index is -0.495. The Bertz CT molecular complexity index is 877. The van der Waals surface area contributed by atoms with Gasteiger partial charge in [-0.15, -0.1) is 0 Å². The molecule has 1 heterocycles. The maximum Gasteiger partial charge on any atom is 0.269 e. The first-order valence-electron chi connectivity index (χ1n) is 9.45. The normalized spacial score (nSPS) is 27.8. The molecule has 1 aromatic carbocycles. The average molecular weight is 383 g/mol. The maximum absolute atomic E-state index is 12.7. The van der Waals surface area contributed by atoms with Crippen LogP contribution in [0.1, 0.15) is 24.8 Å². The van der Waals surface area contributed by atoms with Crippen molar-refractivity contribution in [2.45, 2.75) is 26.2 Å². The van der Waals surface area contributed by atoms with E-state index in [1.807, 2.05) is 0 Å². The summed E-state index contributed by atoms with van der Waals surface area (Å²) in [6.07, 6.45) is 6.00. The fourth-order valence-electron chi connectivity index (χ4n) is 4.68. The van der Waals surface area contributed by atoms with Crippen molar-refractivity contribution in [3.8, 4) is 0 Å². The van der Waals surface area contributed by atoms with E-state index in [4.69, 9.17) is 0 Å². The van der Waals surface area contributed by atoms with Crippen molar-refractivity contribution in [3.63, 3.8) is 0 Å². The minimum Gasteiger partial charge on any atom is -0.326 e.